The summed E-state index contributed by atoms with van der Waals surface area (Å²) in [6.07, 6.45) is 5.55. The smallest absolute Gasteiger partial charge is 0.308 e. The van der Waals surface area contributed by atoms with E-state index in [0.29, 0.717) is 16.5 Å². The number of carbonyl (C=O) groups is 1. The standard InChI is InChI=1S/C19H21N3OS/c1-2-6-13-9-10-15-16(12-20)18(24-17(15)11-13)22-19(23)21-14-7-4-3-5-8-14/h3-5,7-8,13H,2,6,9-11H2,1H3,(H2,21,22,23)/t13-/m1/s1. The van der Waals surface area contributed by atoms with E-state index in [4.69, 9.17) is 0 Å². The van der Waals surface area contributed by atoms with Crippen LogP contribution in [-0.4, -0.2) is 6.03 Å². The van der Waals surface area contributed by atoms with E-state index >= 15 is 0 Å². The van der Waals surface area contributed by atoms with Crippen molar-refractivity contribution in [2.75, 3.05) is 10.6 Å². The molecular formula is C19H21N3OS. The summed E-state index contributed by atoms with van der Waals surface area (Å²) in [5, 5.41) is 15.9. The number of benzene rings is 1. The quantitative estimate of drug-likeness (QED) is 0.807. The van der Waals surface area contributed by atoms with Gasteiger partial charge < -0.3 is 5.32 Å². The van der Waals surface area contributed by atoms with Crippen molar-refractivity contribution in [1.29, 1.82) is 5.26 Å². The van der Waals surface area contributed by atoms with E-state index in [9.17, 15) is 10.1 Å². The fourth-order valence-corrected chi connectivity index (χ4v) is 4.61. The van der Waals surface area contributed by atoms with Crippen molar-refractivity contribution < 1.29 is 4.79 Å². The lowest BCUT2D eigenvalue weighted by molar-refractivity contribution is 0.262. The van der Waals surface area contributed by atoms with E-state index in [1.165, 1.54) is 17.7 Å². The Morgan fingerprint density at radius 3 is 2.83 bits per heavy atom. The summed E-state index contributed by atoms with van der Waals surface area (Å²) < 4.78 is 0. The highest BCUT2D eigenvalue weighted by atomic mass is 32.1. The highest BCUT2D eigenvalue weighted by molar-refractivity contribution is 7.16. The van der Waals surface area contributed by atoms with Gasteiger partial charge in [-0.1, -0.05) is 38.0 Å². The summed E-state index contributed by atoms with van der Waals surface area (Å²) in [7, 11) is 0. The van der Waals surface area contributed by atoms with Gasteiger partial charge >= 0.3 is 6.03 Å². The first-order chi connectivity index (χ1) is 11.7. The minimum atomic E-state index is -0.304. The van der Waals surface area contributed by atoms with Crippen LogP contribution in [0, 0.1) is 17.2 Å². The van der Waals surface area contributed by atoms with Crippen LogP contribution in [0.1, 0.15) is 42.2 Å². The molecule has 0 saturated carbocycles. The van der Waals surface area contributed by atoms with Gasteiger partial charge in [-0.05, 0) is 42.9 Å². The van der Waals surface area contributed by atoms with Gasteiger partial charge in [-0.25, -0.2) is 4.79 Å². The van der Waals surface area contributed by atoms with E-state index in [2.05, 4.69) is 23.6 Å². The molecule has 4 nitrogen and oxygen atoms in total. The third-order valence-electron chi connectivity index (χ3n) is 4.43. The third-order valence-corrected chi connectivity index (χ3v) is 5.60. The largest absolute Gasteiger partial charge is 0.324 e. The molecule has 2 amide bonds. The molecule has 2 aromatic rings. The third kappa shape index (κ3) is 3.60. The molecule has 0 aliphatic heterocycles. The van der Waals surface area contributed by atoms with Crippen LogP contribution in [0.2, 0.25) is 0 Å². The molecule has 0 spiro atoms. The van der Waals surface area contributed by atoms with Crippen molar-refractivity contribution in [3.8, 4) is 6.07 Å². The summed E-state index contributed by atoms with van der Waals surface area (Å²) in [6.45, 7) is 2.21. The highest BCUT2D eigenvalue weighted by Crippen LogP contribution is 2.40. The topological polar surface area (TPSA) is 64.9 Å². The Bertz CT molecular complexity index is 761. The summed E-state index contributed by atoms with van der Waals surface area (Å²) in [6, 6.07) is 11.3. The van der Waals surface area contributed by atoms with Crippen molar-refractivity contribution >= 4 is 28.1 Å². The van der Waals surface area contributed by atoms with Gasteiger partial charge in [-0.3, -0.25) is 5.32 Å². The number of carbonyl (C=O) groups excluding carboxylic acids is 1. The van der Waals surface area contributed by atoms with Gasteiger partial charge in [-0.15, -0.1) is 11.3 Å². The van der Waals surface area contributed by atoms with Crippen molar-refractivity contribution in [1.82, 2.24) is 0 Å². The normalized spacial score (nSPS) is 16.1. The molecule has 124 valence electrons. The minimum absolute atomic E-state index is 0.304. The first-order valence-corrected chi connectivity index (χ1v) is 9.20. The number of hydrogen-bond acceptors (Lipinski definition) is 3. The average molecular weight is 339 g/mol. The molecule has 0 fully saturated rings. The molecule has 0 bridgehead atoms. The maximum absolute atomic E-state index is 12.2. The van der Waals surface area contributed by atoms with Crippen LogP contribution in [0.15, 0.2) is 30.3 Å². The summed E-state index contributed by atoms with van der Waals surface area (Å²) >= 11 is 1.56. The van der Waals surface area contributed by atoms with Crippen molar-refractivity contribution in [2.45, 2.75) is 39.0 Å². The zero-order chi connectivity index (χ0) is 16.9. The lowest BCUT2D eigenvalue weighted by Gasteiger charge is -2.21. The molecule has 0 unspecified atom stereocenters. The highest BCUT2D eigenvalue weighted by Gasteiger charge is 2.26. The van der Waals surface area contributed by atoms with Gasteiger partial charge in [0.15, 0.2) is 0 Å². The molecule has 5 heteroatoms. The van der Waals surface area contributed by atoms with E-state index in [1.54, 1.807) is 11.3 Å². The SMILES string of the molecule is CCC[C@@H]1CCc2c(sc(NC(=O)Nc3ccccc3)c2C#N)C1. The van der Waals surface area contributed by atoms with E-state index in [0.717, 1.165) is 30.5 Å². The van der Waals surface area contributed by atoms with Crippen molar-refractivity contribution in [3.05, 3.63) is 46.3 Å². The maximum Gasteiger partial charge on any atom is 0.324 e. The predicted octanol–water partition coefficient (Wildman–Crippen LogP) is 5.17. The van der Waals surface area contributed by atoms with Crippen LogP contribution < -0.4 is 10.6 Å². The number of para-hydroxylation sites is 1. The number of nitriles is 1. The fraction of sp³-hybridized carbons (Fsp3) is 0.368. The molecule has 24 heavy (non-hydrogen) atoms. The number of anilines is 2. The second-order valence-corrected chi connectivity index (χ2v) is 7.27. The number of nitrogens with one attached hydrogen (secondary N) is 2. The Balaban J connectivity index is 1.74. The van der Waals surface area contributed by atoms with Crippen LogP contribution in [0.5, 0.6) is 0 Å². The maximum atomic E-state index is 12.2. The zero-order valence-electron chi connectivity index (χ0n) is 13.8. The molecule has 1 aliphatic carbocycles. The van der Waals surface area contributed by atoms with Gasteiger partial charge in [0, 0.05) is 10.6 Å². The van der Waals surface area contributed by atoms with Crippen LogP contribution in [0.25, 0.3) is 0 Å². The fourth-order valence-electron chi connectivity index (χ4n) is 3.30. The minimum Gasteiger partial charge on any atom is -0.308 e. The lowest BCUT2D eigenvalue weighted by Crippen LogP contribution is -2.19. The number of amides is 2. The Morgan fingerprint density at radius 2 is 2.12 bits per heavy atom. The van der Waals surface area contributed by atoms with Crippen LogP contribution in [0.4, 0.5) is 15.5 Å². The van der Waals surface area contributed by atoms with Crippen molar-refractivity contribution in [3.63, 3.8) is 0 Å². The Kier molecular flexibility index (Phi) is 5.17. The van der Waals surface area contributed by atoms with Crippen LogP contribution in [-0.2, 0) is 12.8 Å². The Hall–Kier alpha value is -2.32. The van der Waals surface area contributed by atoms with Crippen LogP contribution >= 0.6 is 11.3 Å². The second kappa shape index (κ2) is 7.50. The summed E-state index contributed by atoms with van der Waals surface area (Å²) in [5.74, 6) is 0.707. The molecule has 1 atom stereocenters. The van der Waals surface area contributed by atoms with Gasteiger partial charge in [0.05, 0.1) is 5.56 Å². The monoisotopic (exact) mass is 339 g/mol. The van der Waals surface area contributed by atoms with Gasteiger partial charge in [0.1, 0.15) is 11.1 Å². The van der Waals surface area contributed by atoms with Gasteiger partial charge in [0.2, 0.25) is 0 Å². The second-order valence-electron chi connectivity index (χ2n) is 6.16. The summed E-state index contributed by atoms with van der Waals surface area (Å²) in [4.78, 5) is 13.5. The molecule has 0 saturated heterocycles. The van der Waals surface area contributed by atoms with Gasteiger partial charge in [0.25, 0.3) is 0 Å². The number of urea groups is 1. The average Bonchev–Trinajstić information content (AvgIpc) is 2.92. The van der Waals surface area contributed by atoms with Crippen molar-refractivity contribution in [2.24, 2.45) is 5.92 Å². The molecule has 3 rings (SSSR count). The first kappa shape index (κ1) is 16.5. The van der Waals surface area contributed by atoms with Crippen LogP contribution in [0.3, 0.4) is 0 Å². The zero-order valence-corrected chi connectivity index (χ0v) is 14.6. The number of thiophene rings is 1. The number of rotatable bonds is 4. The molecule has 1 aliphatic rings. The van der Waals surface area contributed by atoms with Gasteiger partial charge in [-0.2, -0.15) is 5.26 Å². The lowest BCUT2D eigenvalue weighted by atomic mass is 9.85. The molecule has 0 radical (unpaired) electrons. The summed E-state index contributed by atoms with van der Waals surface area (Å²) in [5.41, 5.74) is 2.52. The van der Waals surface area contributed by atoms with E-state index in [1.807, 2.05) is 30.3 Å². The van der Waals surface area contributed by atoms with E-state index < -0.39 is 0 Å². The van der Waals surface area contributed by atoms with E-state index in [-0.39, 0.29) is 6.03 Å². The molecule has 2 N–H and O–H groups in total. The Labute approximate surface area is 146 Å². The molecule has 1 heterocycles. The molecule has 1 aromatic heterocycles. The first-order valence-electron chi connectivity index (χ1n) is 8.39. The molecule has 1 aromatic carbocycles. The Morgan fingerprint density at radius 1 is 1.33 bits per heavy atom. The molecular weight excluding hydrogens is 318 g/mol. The number of nitrogens with zero attached hydrogens (tertiary/aromatic N) is 1. The number of hydrogen-bond donors (Lipinski definition) is 2. The number of fused-ring (bicyclic) bond motifs is 1. The predicted molar refractivity (Wildman–Crippen MR) is 98.5 cm³/mol.